The van der Waals surface area contributed by atoms with Crippen molar-refractivity contribution in [1.82, 2.24) is 5.32 Å². The number of methoxy groups -OCH3 is 1. The minimum Gasteiger partial charge on any atom is -0.506 e. The molecule has 0 saturated carbocycles. The van der Waals surface area contributed by atoms with E-state index in [4.69, 9.17) is 4.74 Å². The summed E-state index contributed by atoms with van der Waals surface area (Å²) < 4.78 is 31.1. The van der Waals surface area contributed by atoms with E-state index in [1.807, 2.05) is 48.5 Å². The van der Waals surface area contributed by atoms with Crippen LogP contribution < -0.4 is 14.8 Å². The number of benzene rings is 4. The summed E-state index contributed by atoms with van der Waals surface area (Å²) in [7, 11) is -1.93. The van der Waals surface area contributed by atoms with Gasteiger partial charge in [0.1, 0.15) is 11.5 Å². The largest absolute Gasteiger partial charge is 0.506 e. The van der Waals surface area contributed by atoms with Crippen molar-refractivity contribution in [2.24, 2.45) is 0 Å². The average Bonchev–Trinajstić information content (AvgIpc) is 2.87. The minimum absolute atomic E-state index is 0.0241. The van der Waals surface area contributed by atoms with Gasteiger partial charge in [0.2, 0.25) is 10.0 Å². The predicted octanol–water partition coefficient (Wildman–Crippen LogP) is 4.53. The van der Waals surface area contributed by atoms with Gasteiger partial charge in [-0.1, -0.05) is 66.7 Å². The molecule has 0 aliphatic carbocycles. The first-order chi connectivity index (χ1) is 17.2. The van der Waals surface area contributed by atoms with Crippen molar-refractivity contribution < 1.29 is 23.4 Å². The van der Waals surface area contributed by atoms with Gasteiger partial charge in [0.05, 0.1) is 25.2 Å². The monoisotopic (exact) mass is 506 g/mol. The van der Waals surface area contributed by atoms with E-state index in [1.165, 1.54) is 12.1 Å². The highest BCUT2D eigenvalue weighted by molar-refractivity contribution is 7.92. The van der Waals surface area contributed by atoms with Gasteiger partial charge in [0.15, 0.2) is 0 Å². The third-order valence-electron chi connectivity index (χ3n) is 6.05. The zero-order valence-corrected chi connectivity index (χ0v) is 21.0. The van der Waals surface area contributed by atoms with E-state index in [0.29, 0.717) is 12.0 Å². The summed E-state index contributed by atoms with van der Waals surface area (Å²) in [6, 6.07) is 26.4. The number of sulfonamides is 1. The number of aliphatic hydroxyl groups excluding tert-OH is 1. The quantitative estimate of drug-likeness (QED) is 0.235. The maximum Gasteiger partial charge on any atom is 0.229 e. The number of fused-ring (bicyclic) bond motifs is 1. The standard InChI is InChI=1S/C28H30N2O5S/c1-35-28-15-13-22(21-10-6-7-11-23(21)28)24(16-19-8-4-3-5-9-19)29-18-27(32)20-12-14-26(31)25(17-20)30-36(2,33)34/h3-15,17,24,27,29-32H,16,18H2,1-2H3/t24?,27-/m0/s1. The molecule has 4 N–H and O–H groups in total. The summed E-state index contributed by atoms with van der Waals surface area (Å²) >= 11 is 0. The number of anilines is 1. The van der Waals surface area contributed by atoms with Crippen molar-refractivity contribution in [2.75, 3.05) is 24.6 Å². The molecule has 4 aromatic rings. The first-order valence-electron chi connectivity index (χ1n) is 11.6. The first kappa shape index (κ1) is 25.5. The molecule has 0 radical (unpaired) electrons. The minimum atomic E-state index is -3.58. The molecule has 7 nitrogen and oxygen atoms in total. The van der Waals surface area contributed by atoms with Crippen LogP contribution in [0.15, 0.2) is 84.9 Å². The fraction of sp³-hybridized carbons (Fsp3) is 0.214. The van der Waals surface area contributed by atoms with Crippen LogP contribution in [0.4, 0.5) is 5.69 Å². The SMILES string of the molecule is COc1ccc(C(Cc2ccccc2)NC[C@H](O)c2ccc(O)c(NS(C)(=O)=O)c2)c2ccccc12. The maximum atomic E-state index is 11.6. The molecule has 0 fully saturated rings. The van der Waals surface area contributed by atoms with Crippen molar-refractivity contribution in [1.29, 1.82) is 0 Å². The van der Waals surface area contributed by atoms with E-state index in [-0.39, 0.29) is 24.0 Å². The number of hydrogen-bond donors (Lipinski definition) is 4. The first-order valence-corrected chi connectivity index (χ1v) is 13.5. The molecule has 0 aliphatic rings. The highest BCUT2D eigenvalue weighted by Crippen LogP contribution is 2.33. The van der Waals surface area contributed by atoms with Crippen LogP contribution >= 0.6 is 0 Å². The number of ether oxygens (including phenoxy) is 1. The lowest BCUT2D eigenvalue weighted by molar-refractivity contribution is 0.169. The zero-order chi connectivity index (χ0) is 25.7. The lowest BCUT2D eigenvalue weighted by atomic mass is 9.93. The Hall–Kier alpha value is -3.59. The van der Waals surface area contributed by atoms with Crippen LogP contribution in [0.1, 0.15) is 28.8 Å². The summed E-state index contributed by atoms with van der Waals surface area (Å²) in [4.78, 5) is 0. The molecular formula is C28H30N2O5S. The third-order valence-corrected chi connectivity index (χ3v) is 6.64. The van der Waals surface area contributed by atoms with Gasteiger partial charge < -0.3 is 20.3 Å². The second-order valence-corrected chi connectivity index (χ2v) is 10.5. The molecular weight excluding hydrogens is 476 g/mol. The second kappa shape index (κ2) is 11.0. The topological polar surface area (TPSA) is 108 Å². The van der Waals surface area contributed by atoms with Crippen LogP contribution in [0.2, 0.25) is 0 Å². The van der Waals surface area contributed by atoms with Gasteiger partial charge in [-0.2, -0.15) is 0 Å². The number of phenols is 1. The second-order valence-electron chi connectivity index (χ2n) is 8.72. The molecule has 36 heavy (non-hydrogen) atoms. The summed E-state index contributed by atoms with van der Waals surface area (Å²) in [5.74, 6) is 0.582. The number of aliphatic hydroxyl groups is 1. The van der Waals surface area contributed by atoms with Gasteiger partial charge in [-0.05, 0) is 46.7 Å². The highest BCUT2D eigenvalue weighted by Gasteiger charge is 2.19. The van der Waals surface area contributed by atoms with Crippen molar-refractivity contribution in [3.8, 4) is 11.5 Å². The molecule has 0 heterocycles. The molecule has 0 saturated heterocycles. The van der Waals surface area contributed by atoms with Gasteiger partial charge in [-0.3, -0.25) is 4.72 Å². The van der Waals surface area contributed by atoms with E-state index < -0.39 is 16.1 Å². The molecule has 8 heteroatoms. The number of nitrogens with one attached hydrogen (secondary N) is 2. The van der Waals surface area contributed by atoms with Crippen LogP contribution in [-0.2, 0) is 16.4 Å². The summed E-state index contributed by atoms with van der Waals surface area (Å²) in [5, 5.41) is 26.5. The number of rotatable bonds is 10. The molecule has 0 amide bonds. The smallest absolute Gasteiger partial charge is 0.229 e. The third kappa shape index (κ3) is 6.15. The summed E-state index contributed by atoms with van der Waals surface area (Å²) in [6.07, 6.45) is 0.763. The van der Waals surface area contributed by atoms with Crippen molar-refractivity contribution in [2.45, 2.75) is 18.6 Å². The van der Waals surface area contributed by atoms with E-state index in [0.717, 1.165) is 33.9 Å². The van der Waals surface area contributed by atoms with E-state index in [1.54, 1.807) is 13.2 Å². The maximum absolute atomic E-state index is 11.6. The van der Waals surface area contributed by atoms with Gasteiger partial charge in [-0.25, -0.2) is 8.42 Å². The fourth-order valence-electron chi connectivity index (χ4n) is 4.33. The van der Waals surface area contributed by atoms with Gasteiger partial charge in [0.25, 0.3) is 0 Å². The van der Waals surface area contributed by atoms with Crippen molar-refractivity contribution >= 4 is 26.5 Å². The highest BCUT2D eigenvalue weighted by atomic mass is 32.2. The molecule has 0 aromatic heterocycles. The van der Waals surface area contributed by atoms with E-state index >= 15 is 0 Å². The molecule has 4 aromatic carbocycles. The number of phenolic OH excluding ortho intramolecular Hbond substituents is 1. The molecule has 1 unspecified atom stereocenters. The average molecular weight is 507 g/mol. The molecule has 0 spiro atoms. The Kier molecular flexibility index (Phi) is 7.79. The summed E-state index contributed by atoms with van der Waals surface area (Å²) in [5.41, 5.74) is 2.72. The lowest BCUT2D eigenvalue weighted by Crippen LogP contribution is -2.28. The molecule has 188 valence electrons. The molecule has 4 rings (SSSR count). The van der Waals surface area contributed by atoms with Gasteiger partial charge in [0, 0.05) is 18.0 Å². The van der Waals surface area contributed by atoms with Crippen molar-refractivity contribution in [3.05, 3.63) is 102 Å². The summed E-state index contributed by atoms with van der Waals surface area (Å²) in [6.45, 7) is 0.209. The van der Waals surface area contributed by atoms with Gasteiger partial charge in [-0.15, -0.1) is 0 Å². The van der Waals surface area contributed by atoms with E-state index in [9.17, 15) is 18.6 Å². The Morgan fingerprint density at radius 2 is 1.61 bits per heavy atom. The predicted molar refractivity (Wildman–Crippen MR) is 143 cm³/mol. The van der Waals surface area contributed by atoms with Crippen LogP contribution in [-0.4, -0.2) is 38.5 Å². The van der Waals surface area contributed by atoms with Crippen LogP contribution in [0.5, 0.6) is 11.5 Å². The molecule has 2 atom stereocenters. The fourth-order valence-corrected chi connectivity index (χ4v) is 4.90. The Morgan fingerprint density at radius 1 is 0.917 bits per heavy atom. The number of hydrogen-bond acceptors (Lipinski definition) is 6. The zero-order valence-electron chi connectivity index (χ0n) is 20.2. The molecule has 0 bridgehead atoms. The molecule has 0 aliphatic heterocycles. The Labute approximate surface area is 211 Å². The van der Waals surface area contributed by atoms with Crippen LogP contribution in [0.3, 0.4) is 0 Å². The normalized spacial score (nSPS) is 13.3. The number of aromatic hydroxyl groups is 1. The lowest BCUT2D eigenvalue weighted by Gasteiger charge is -2.24. The Morgan fingerprint density at radius 3 is 2.31 bits per heavy atom. The Bertz CT molecular complexity index is 1440. The van der Waals surface area contributed by atoms with Gasteiger partial charge >= 0.3 is 0 Å². The van der Waals surface area contributed by atoms with Crippen molar-refractivity contribution in [3.63, 3.8) is 0 Å². The Balaban J connectivity index is 1.63. The van der Waals surface area contributed by atoms with Crippen LogP contribution in [0.25, 0.3) is 10.8 Å². The van der Waals surface area contributed by atoms with Crippen LogP contribution in [0, 0.1) is 0 Å². The van der Waals surface area contributed by atoms with E-state index in [2.05, 4.69) is 28.2 Å².